The Labute approximate surface area is 116 Å². The first-order valence-electron chi connectivity index (χ1n) is 7.64. The van der Waals surface area contributed by atoms with Crippen molar-refractivity contribution in [3.63, 3.8) is 0 Å². The van der Waals surface area contributed by atoms with Crippen molar-refractivity contribution in [1.29, 1.82) is 0 Å². The fourth-order valence-electron chi connectivity index (χ4n) is 3.22. The van der Waals surface area contributed by atoms with E-state index in [0.29, 0.717) is 12.6 Å². The molecule has 1 aliphatic carbocycles. The lowest BCUT2D eigenvalue weighted by Gasteiger charge is -2.29. The summed E-state index contributed by atoms with van der Waals surface area (Å²) in [6, 6.07) is 0.431. The van der Waals surface area contributed by atoms with Gasteiger partial charge in [-0.2, -0.15) is 0 Å². The Bertz CT molecular complexity index is 326. The topological polar surface area (TPSA) is 61.4 Å². The Kier molecular flexibility index (Phi) is 4.51. The monoisotopic (exact) mass is 268 g/mol. The SMILES string of the molecule is CC(C)C(O)C1(CNC(=O)[C@H]2CCN[C@@H](C)C2)CC1. The number of piperidine rings is 1. The molecule has 3 N–H and O–H groups in total. The van der Waals surface area contributed by atoms with E-state index in [0.717, 1.165) is 32.2 Å². The average molecular weight is 268 g/mol. The second-order valence-corrected chi connectivity index (χ2v) is 6.85. The molecule has 0 aromatic heterocycles. The van der Waals surface area contributed by atoms with E-state index in [1.165, 1.54) is 0 Å². The third-order valence-corrected chi connectivity index (χ3v) is 4.76. The molecule has 2 rings (SSSR count). The van der Waals surface area contributed by atoms with Crippen molar-refractivity contribution >= 4 is 5.91 Å². The molecule has 1 saturated heterocycles. The molecule has 110 valence electrons. The summed E-state index contributed by atoms with van der Waals surface area (Å²) in [5, 5.41) is 16.7. The van der Waals surface area contributed by atoms with Gasteiger partial charge >= 0.3 is 0 Å². The number of aliphatic hydroxyl groups is 1. The zero-order chi connectivity index (χ0) is 14.0. The number of nitrogens with one attached hydrogen (secondary N) is 2. The quantitative estimate of drug-likeness (QED) is 0.704. The molecule has 1 aliphatic heterocycles. The fourth-order valence-corrected chi connectivity index (χ4v) is 3.22. The summed E-state index contributed by atoms with van der Waals surface area (Å²) in [4.78, 5) is 12.2. The van der Waals surface area contributed by atoms with Gasteiger partial charge in [-0.25, -0.2) is 0 Å². The molecule has 2 fully saturated rings. The van der Waals surface area contributed by atoms with Crippen LogP contribution in [0.4, 0.5) is 0 Å². The molecule has 1 amide bonds. The van der Waals surface area contributed by atoms with Crippen LogP contribution in [0, 0.1) is 17.3 Å². The van der Waals surface area contributed by atoms with Crippen molar-refractivity contribution in [3.8, 4) is 0 Å². The number of aliphatic hydroxyl groups excluding tert-OH is 1. The second kappa shape index (κ2) is 5.80. The van der Waals surface area contributed by atoms with E-state index in [2.05, 4.69) is 17.6 Å². The van der Waals surface area contributed by atoms with Gasteiger partial charge in [0.1, 0.15) is 0 Å². The van der Waals surface area contributed by atoms with Crippen LogP contribution >= 0.6 is 0 Å². The molecule has 0 radical (unpaired) electrons. The molecule has 4 nitrogen and oxygen atoms in total. The van der Waals surface area contributed by atoms with Gasteiger partial charge in [0.05, 0.1) is 6.10 Å². The van der Waals surface area contributed by atoms with Crippen LogP contribution < -0.4 is 10.6 Å². The van der Waals surface area contributed by atoms with E-state index in [1.54, 1.807) is 0 Å². The minimum absolute atomic E-state index is 0.0393. The van der Waals surface area contributed by atoms with Crippen LogP contribution in [0.1, 0.15) is 46.5 Å². The van der Waals surface area contributed by atoms with Crippen molar-refractivity contribution in [2.75, 3.05) is 13.1 Å². The Hall–Kier alpha value is -0.610. The lowest BCUT2D eigenvalue weighted by atomic mass is 9.89. The summed E-state index contributed by atoms with van der Waals surface area (Å²) in [7, 11) is 0. The summed E-state index contributed by atoms with van der Waals surface area (Å²) in [6.07, 6.45) is 3.63. The van der Waals surface area contributed by atoms with Crippen LogP contribution in [0.5, 0.6) is 0 Å². The van der Waals surface area contributed by atoms with E-state index in [1.807, 2.05) is 13.8 Å². The number of carbonyl (C=O) groups is 1. The molecule has 0 spiro atoms. The maximum Gasteiger partial charge on any atom is 0.223 e. The third-order valence-electron chi connectivity index (χ3n) is 4.76. The van der Waals surface area contributed by atoms with Crippen molar-refractivity contribution < 1.29 is 9.90 Å². The molecule has 2 aliphatic rings. The predicted molar refractivity (Wildman–Crippen MR) is 75.7 cm³/mol. The highest BCUT2D eigenvalue weighted by Gasteiger charge is 2.50. The Morgan fingerprint density at radius 2 is 2.16 bits per heavy atom. The zero-order valence-corrected chi connectivity index (χ0v) is 12.4. The van der Waals surface area contributed by atoms with Crippen LogP contribution in [-0.4, -0.2) is 36.2 Å². The van der Waals surface area contributed by atoms with Gasteiger partial charge in [0.15, 0.2) is 0 Å². The van der Waals surface area contributed by atoms with Gasteiger partial charge in [-0.1, -0.05) is 13.8 Å². The van der Waals surface area contributed by atoms with Gasteiger partial charge in [-0.15, -0.1) is 0 Å². The van der Waals surface area contributed by atoms with Crippen LogP contribution in [0.25, 0.3) is 0 Å². The molecule has 1 unspecified atom stereocenters. The summed E-state index contributed by atoms with van der Waals surface area (Å²) in [6.45, 7) is 7.79. The fraction of sp³-hybridized carbons (Fsp3) is 0.933. The predicted octanol–water partition coefficient (Wildman–Crippen LogP) is 1.29. The summed E-state index contributed by atoms with van der Waals surface area (Å²) < 4.78 is 0. The second-order valence-electron chi connectivity index (χ2n) is 6.85. The van der Waals surface area contributed by atoms with Gasteiger partial charge in [0.2, 0.25) is 5.91 Å². The van der Waals surface area contributed by atoms with Gasteiger partial charge in [0.25, 0.3) is 0 Å². The van der Waals surface area contributed by atoms with Crippen LogP contribution in [-0.2, 0) is 4.79 Å². The van der Waals surface area contributed by atoms with E-state index in [-0.39, 0.29) is 29.3 Å². The number of rotatable bonds is 5. The normalized spacial score (nSPS) is 31.0. The minimum Gasteiger partial charge on any atom is -0.392 e. The Morgan fingerprint density at radius 3 is 2.68 bits per heavy atom. The molecular weight excluding hydrogens is 240 g/mol. The Balaban J connectivity index is 1.80. The Morgan fingerprint density at radius 1 is 1.47 bits per heavy atom. The standard InChI is InChI=1S/C15H28N2O2/c1-10(2)13(18)15(5-6-15)9-17-14(19)12-4-7-16-11(3)8-12/h10-13,16,18H,4-9H2,1-3H3,(H,17,19)/t11-,12-,13?/m0/s1. The molecule has 4 heteroatoms. The zero-order valence-electron chi connectivity index (χ0n) is 12.4. The molecule has 0 aromatic carbocycles. The summed E-state index contributed by atoms with van der Waals surface area (Å²) in [5.41, 5.74) is -0.0393. The highest BCUT2D eigenvalue weighted by atomic mass is 16.3. The maximum atomic E-state index is 12.2. The molecule has 1 saturated carbocycles. The molecule has 19 heavy (non-hydrogen) atoms. The van der Waals surface area contributed by atoms with E-state index < -0.39 is 0 Å². The van der Waals surface area contributed by atoms with Gasteiger partial charge in [-0.05, 0) is 45.1 Å². The van der Waals surface area contributed by atoms with Crippen molar-refractivity contribution in [2.24, 2.45) is 17.3 Å². The molecule has 1 heterocycles. The average Bonchev–Trinajstić information content (AvgIpc) is 3.16. The minimum atomic E-state index is -0.292. The lowest BCUT2D eigenvalue weighted by molar-refractivity contribution is -0.126. The smallest absolute Gasteiger partial charge is 0.223 e. The lowest BCUT2D eigenvalue weighted by Crippen LogP contribution is -2.45. The summed E-state index contributed by atoms with van der Waals surface area (Å²) >= 11 is 0. The first-order valence-corrected chi connectivity index (χ1v) is 7.64. The first kappa shape index (κ1) is 14.8. The van der Waals surface area contributed by atoms with Crippen molar-refractivity contribution in [3.05, 3.63) is 0 Å². The largest absolute Gasteiger partial charge is 0.392 e. The molecule has 0 bridgehead atoms. The number of hydrogen-bond acceptors (Lipinski definition) is 3. The van der Waals surface area contributed by atoms with E-state index in [9.17, 15) is 9.90 Å². The molecule has 3 atom stereocenters. The molecular formula is C15H28N2O2. The number of hydrogen-bond donors (Lipinski definition) is 3. The van der Waals surface area contributed by atoms with Crippen LogP contribution in [0.3, 0.4) is 0 Å². The summed E-state index contributed by atoms with van der Waals surface area (Å²) in [5.74, 6) is 0.581. The van der Waals surface area contributed by atoms with Gasteiger partial charge < -0.3 is 15.7 Å². The van der Waals surface area contributed by atoms with Gasteiger partial charge in [-0.3, -0.25) is 4.79 Å². The van der Waals surface area contributed by atoms with E-state index in [4.69, 9.17) is 0 Å². The van der Waals surface area contributed by atoms with Crippen molar-refractivity contribution in [1.82, 2.24) is 10.6 Å². The van der Waals surface area contributed by atoms with Crippen molar-refractivity contribution in [2.45, 2.75) is 58.6 Å². The highest BCUT2D eigenvalue weighted by Crippen LogP contribution is 2.50. The van der Waals surface area contributed by atoms with E-state index >= 15 is 0 Å². The van der Waals surface area contributed by atoms with Gasteiger partial charge in [0, 0.05) is 23.9 Å². The van der Waals surface area contributed by atoms with Crippen LogP contribution in [0.2, 0.25) is 0 Å². The third kappa shape index (κ3) is 3.48. The highest BCUT2D eigenvalue weighted by molar-refractivity contribution is 5.78. The molecule has 0 aromatic rings. The number of carbonyl (C=O) groups excluding carboxylic acids is 1. The first-order chi connectivity index (χ1) is 8.94. The number of amides is 1. The van der Waals surface area contributed by atoms with Crippen LogP contribution in [0.15, 0.2) is 0 Å². The maximum absolute atomic E-state index is 12.2.